The zero-order valence-corrected chi connectivity index (χ0v) is 24.2. The van der Waals surface area contributed by atoms with Crippen molar-refractivity contribution in [2.75, 3.05) is 37.7 Å². The third-order valence-corrected chi connectivity index (χ3v) is 7.25. The van der Waals surface area contributed by atoms with Gasteiger partial charge in [-0.05, 0) is 41.8 Å². The van der Waals surface area contributed by atoms with Crippen LogP contribution in [-0.2, 0) is 14.4 Å². The van der Waals surface area contributed by atoms with Crippen molar-refractivity contribution in [1.82, 2.24) is 20.5 Å². The Kier molecular flexibility index (Phi) is 11.7. The van der Waals surface area contributed by atoms with Crippen LogP contribution in [0.25, 0.3) is 10.8 Å². The minimum atomic E-state index is -5.08. The van der Waals surface area contributed by atoms with Gasteiger partial charge in [-0.3, -0.25) is 9.59 Å². The van der Waals surface area contributed by atoms with Crippen molar-refractivity contribution < 1.29 is 60.1 Å². The van der Waals surface area contributed by atoms with Gasteiger partial charge in [-0.1, -0.05) is 30.3 Å². The van der Waals surface area contributed by atoms with Gasteiger partial charge in [-0.2, -0.15) is 30.7 Å². The maximum absolute atomic E-state index is 13.7. The van der Waals surface area contributed by atoms with Crippen LogP contribution < -0.4 is 15.5 Å². The first kappa shape index (κ1) is 36.5. The molecular formula is C29H28F7N5O6. The molecule has 4 N–H and O–H groups in total. The fourth-order valence-electron chi connectivity index (χ4n) is 4.89. The third kappa shape index (κ3) is 9.74. The van der Waals surface area contributed by atoms with E-state index in [0.29, 0.717) is 43.9 Å². The number of rotatable bonds is 5. The van der Waals surface area contributed by atoms with E-state index in [-0.39, 0.29) is 11.8 Å². The summed E-state index contributed by atoms with van der Waals surface area (Å²) in [6.07, 6.45) is -7.46. The lowest BCUT2D eigenvalue weighted by Gasteiger charge is -2.43. The number of fused-ring (bicyclic) bond motifs is 1. The van der Waals surface area contributed by atoms with E-state index < -0.39 is 35.8 Å². The molecule has 0 aliphatic carbocycles. The molecular weight excluding hydrogens is 647 g/mol. The highest BCUT2D eigenvalue weighted by atomic mass is 19.4. The van der Waals surface area contributed by atoms with Gasteiger partial charge in [0.05, 0.1) is 6.67 Å². The molecule has 254 valence electrons. The van der Waals surface area contributed by atoms with Crippen LogP contribution in [0.3, 0.4) is 0 Å². The zero-order valence-electron chi connectivity index (χ0n) is 24.2. The van der Waals surface area contributed by atoms with Gasteiger partial charge in [0.1, 0.15) is 5.54 Å². The molecule has 0 saturated carbocycles. The summed E-state index contributed by atoms with van der Waals surface area (Å²) < 4.78 is 77.1. The quantitative estimate of drug-likeness (QED) is 0.234. The first-order valence-electron chi connectivity index (χ1n) is 13.7. The predicted molar refractivity (Wildman–Crippen MR) is 152 cm³/mol. The fraction of sp³-hybridized carbons (Fsp3) is 0.345. The Morgan fingerprint density at radius 2 is 1.47 bits per heavy atom. The van der Waals surface area contributed by atoms with E-state index in [0.717, 1.165) is 23.9 Å². The highest BCUT2D eigenvalue weighted by molar-refractivity contribution is 5.98. The van der Waals surface area contributed by atoms with E-state index in [1.54, 1.807) is 6.07 Å². The van der Waals surface area contributed by atoms with Crippen LogP contribution in [0.15, 0.2) is 60.8 Å². The van der Waals surface area contributed by atoms with Crippen molar-refractivity contribution >= 4 is 40.2 Å². The van der Waals surface area contributed by atoms with E-state index in [9.17, 15) is 40.3 Å². The molecule has 0 radical (unpaired) electrons. The second-order valence-electron chi connectivity index (χ2n) is 10.2. The number of halogens is 7. The number of carboxylic acid groups (broad SMARTS) is 2. The average Bonchev–Trinajstić information content (AvgIpc) is 3.32. The topological polar surface area (TPSA) is 152 Å². The van der Waals surface area contributed by atoms with Gasteiger partial charge in [0, 0.05) is 49.7 Å². The molecule has 2 saturated heterocycles. The predicted octanol–water partition coefficient (Wildman–Crippen LogP) is 3.80. The number of nitrogens with zero attached hydrogens (tertiary/aromatic N) is 3. The number of aliphatic carboxylic acids is 2. The number of amides is 2. The number of benzene rings is 2. The van der Waals surface area contributed by atoms with Crippen molar-refractivity contribution in [1.29, 1.82) is 0 Å². The molecule has 2 fully saturated rings. The van der Waals surface area contributed by atoms with E-state index in [2.05, 4.69) is 20.5 Å². The van der Waals surface area contributed by atoms with Gasteiger partial charge in [0.25, 0.3) is 5.91 Å². The molecule has 5 rings (SSSR count). The van der Waals surface area contributed by atoms with Crippen LogP contribution in [-0.4, -0.2) is 94.6 Å². The number of pyridine rings is 1. The Hall–Kier alpha value is -5.00. The number of nitrogens with one attached hydrogen (secondary N) is 2. The molecule has 2 amide bonds. The molecule has 3 heterocycles. The summed E-state index contributed by atoms with van der Waals surface area (Å²) in [5.74, 6) is -6.17. The second-order valence-corrected chi connectivity index (χ2v) is 10.2. The van der Waals surface area contributed by atoms with Gasteiger partial charge >= 0.3 is 24.3 Å². The minimum absolute atomic E-state index is 0.0102. The molecule has 2 aliphatic rings. The van der Waals surface area contributed by atoms with E-state index in [1.807, 2.05) is 47.4 Å². The number of alkyl halides is 6. The Balaban J connectivity index is 0.000000360. The Bertz CT molecular complexity index is 1570. The van der Waals surface area contributed by atoms with Crippen molar-refractivity contribution in [3.63, 3.8) is 0 Å². The summed E-state index contributed by atoms with van der Waals surface area (Å²) in [5.41, 5.74) is 0.643. The molecule has 2 aromatic carbocycles. The van der Waals surface area contributed by atoms with Gasteiger partial charge < -0.3 is 30.6 Å². The van der Waals surface area contributed by atoms with E-state index >= 15 is 0 Å². The summed E-state index contributed by atoms with van der Waals surface area (Å²) in [6.45, 7) is 3.06. The molecule has 0 atom stereocenters. The van der Waals surface area contributed by atoms with Gasteiger partial charge in [0.2, 0.25) is 11.9 Å². The van der Waals surface area contributed by atoms with Crippen molar-refractivity contribution in [2.45, 2.75) is 30.7 Å². The van der Waals surface area contributed by atoms with Crippen molar-refractivity contribution in [2.24, 2.45) is 0 Å². The molecule has 1 aromatic heterocycles. The summed E-state index contributed by atoms with van der Waals surface area (Å²) in [4.78, 5) is 50.9. The number of aromatic nitrogens is 1. The number of carboxylic acids is 2. The van der Waals surface area contributed by atoms with Crippen LogP contribution in [0.5, 0.6) is 0 Å². The van der Waals surface area contributed by atoms with Crippen LogP contribution in [0.4, 0.5) is 36.4 Å². The smallest absolute Gasteiger partial charge is 0.475 e. The standard InChI is InChI=1S/C25H26FN5O2.2C2HF3O2/c26-22-16-21(7-10-27-22)31-17-29-24(33)25(31)8-12-30(13-9-25)14-11-28-23(32)20-6-5-18-3-1-2-4-19(18)15-20;2*3-2(4,5)1(6)7/h1-7,10,15-16H,8-9,11-14,17H2,(H,28,32)(H,29,33);2*(H,6,7). The van der Waals surface area contributed by atoms with E-state index in [4.69, 9.17) is 19.8 Å². The summed E-state index contributed by atoms with van der Waals surface area (Å²) in [6, 6.07) is 16.8. The minimum Gasteiger partial charge on any atom is -0.475 e. The lowest BCUT2D eigenvalue weighted by atomic mass is 9.85. The fourth-order valence-corrected chi connectivity index (χ4v) is 4.89. The van der Waals surface area contributed by atoms with Crippen molar-refractivity contribution in [3.05, 3.63) is 72.3 Å². The van der Waals surface area contributed by atoms with E-state index in [1.165, 1.54) is 12.3 Å². The zero-order chi connectivity index (χ0) is 35.0. The van der Waals surface area contributed by atoms with Gasteiger partial charge in [0.15, 0.2) is 0 Å². The largest absolute Gasteiger partial charge is 0.490 e. The first-order chi connectivity index (χ1) is 21.9. The second kappa shape index (κ2) is 15.1. The summed E-state index contributed by atoms with van der Waals surface area (Å²) in [7, 11) is 0. The van der Waals surface area contributed by atoms with Gasteiger partial charge in [-0.15, -0.1) is 0 Å². The molecule has 0 unspecified atom stereocenters. The number of hydrogen-bond donors (Lipinski definition) is 4. The SMILES string of the molecule is O=C(NCCN1CCC2(CC1)C(=O)NCN2c1ccnc(F)c1)c1ccc2ccccc2c1.O=C(O)C(F)(F)F.O=C(O)C(F)(F)F. The average molecular weight is 676 g/mol. The van der Waals surface area contributed by atoms with Crippen LogP contribution in [0, 0.1) is 5.95 Å². The lowest BCUT2D eigenvalue weighted by Crippen LogP contribution is -2.57. The first-order valence-corrected chi connectivity index (χ1v) is 13.7. The maximum Gasteiger partial charge on any atom is 0.490 e. The molecule has 0 bridgehead atoms. The van der Waals surface area contributed by atoms with Crippen LogP contribution in [0.2, 0.25) is 0 Å². The Labute approximate surface area is 262 Å². The molecule has 1 spiro atoms. The Morgan fingerprint density at radius 1 is 0.894 bits per heavy atom. The summed E-state index contributed by atoms with van der Waals surface area (Å²) >= 11 is 0. The highest BCUT2D eigenvalue weighted by Gasteiger charge is 2.50. The lowest BCUT2D eigenvalue weighted by molar-refractivity contribution is -0.193. The normalized spacial score (nSPS) is 16.0. The number of piperidine rings is 1. The number of anilines is 1. The molecule has 11 nitrogen and oxygen atoms in total. The van der Waals surface area contributed by atoms with Crippen molar-refractivity contribution in [3.8, 4) is 0 Å². The monoisotopic (exact) mass is 675 g/mol. The molecule has 3 aromatic rings. The number of carbonyl (C=O) groups is 4. The summed E-state index contributed by atoms with van der Waals surface area (Å²) in [5, 5.41) is 22.3. The number of likely N-dealkylation sites (tertiary alicyclic amines) is 1. The maximum atomic E-state index is 13.7. The van der Waals surface area contributed by atoms with Crippen LogP contribution >= 0.6 is 0 Å². The van der Waals surface area contributed by atoms with Crippen LogP contribution in [0.1, 0.15) is 23.2 Å². The number of hydrogen-bond acceptors (Lipinski definition) is 7. The molecule has 2 aliphatic heterocycles. The number of carbonyl (C=O) groups excluding carboxylic acids is 2. The van der Waals surface area contributed by atoms with Gasteiger partial charge in [-0.25, -0.2) is 14.6 Å². The Morgan fingerprint density at radius 3 is 2.02 bits per heavy atom. The highest BCUT2D eigenvalue weighted by Crippen LogP contribution is 2.36. The third-order valence-electron chi connectivity index (χ3n) is 7.25. The molecule has 47 heavy (non-hydrogen) atoms. The molecule has 18 heteroatoms.